The van der Waals surface area contributed by atoms with Crippen molar-refractivity contribution in [2.45, 2.75) is 18.2 Å². The molecule has 3 aromatic rings. The number of aryl methyl sites for hydroxylation is 1. The van der Waals surface area contributed by atoms with Gasteiger partial charge in [0.15, 0.2) is 0 Å². The molecule has 1 fully saturated rings. The van der Waals surface area contributed by atoms with Crippen LogP contribution < -0.4 is 19.7 Å². The number of morpholine rings is 1. The van der Waals surface area contributed by atoms with E-state index in [0.717, 1.165) is 12.0 Å². The maximum atomic E-state index is 13.5. The molecule has 1 amide bonds. The molecule has 2 N–H and O–H groups in total. The summed E-state index contributed by atoms with van der Waals surface area (Å²) < 4.78 is 40.2. The molecule has 35 heavy (non-hydrogen) atoms. The predicted molar refractivity (Wildman–Crippen MR) is 137 cm³/mol. The smallest absolute Gasteiger partial charge is 0.264 e. The minimum absolute atomic E-state index is 0.0781. The van der Waals surface area contributed by atoms with E-state index in [1.165, 1.54) is 6.07 Å². The molecule has 1 aliphatic heterocycles. The molecule has 0 aromatic heterocycles. The summed E-state index contributed by atoms with van der Waals surface area (Å²) in [6.45, 7) is 4.21. The lowest BCUT2D eigenvalue weighted by atomic mass is 10.1. The fraction of sp³-hybridized carbons (Fsp3) is 0.269. The Balaban J connectivity index is 1.65. The zero-order valence-corrected chi connectivity index (χ0v) is 20.6. The topological polar surface area (TPSA) is 97.0 Å². The molecule has 0 atom stereocenters. The molecule has 4 rings (SSSR count). The number of carbonyl (C=O) groups excluding carboxylic acids is 1. The molecule has 0 aliphatic carbocycles. The Morgan fingerprint density at radius 3 is 2.26 bits per heavy atom. The first-order valence-corrected chi connectivity index (χ1v) is 12.9. The highest BCUT2D eigenvalue weighted by atomic mass is 32.2. The summed E-state index contributed by atoms with van der Waals surface area (Å²) in [5, 5.41) is 2.83. The Morgan fingerprint density at radius 1 is 0.971 bits per heavy atom. The van der Waals surface area contributed by atoms with E-state index in [-0.39, 0.29) is 10.8 Å². The average Bonchev–Trinajstić information content (AvgIpc) is 2.89. The Morgan fingerprint density at radius 2 is 1.63 bits per heavy atom. The van der Waals surface area contributed by atoms with Gasteiger partial charge >= 0.3 is 0 Å². The molecule has 1 heterocycles. The van der Waals surface area contributed by atoms with Crippen LogP contribution in [0, 0.1) is 0 Å². The summed E-state index contributed by atoms with van der Waals surface area (Å²) in [7, 11) is -2.42. The number of methoxy groups -OCH3 is 1. The van der Waals surface area contributed by atoms with Gasteiger partial charge in [0.25, 0.3) is 15.9 Å². The molecule has 1 aliphatic rings. The van der Waals surface area contributed by atoms with Crippen molar-refractivity contribution in [1.29, 1.82) is 0 Å². The molecule has 9 heteroatoms. The zero-order valence-electron chi connectivity index (χ0n) is 19.8. The molecule has 184 valence electrons. The number of sulfonamides is 1. The number of amides is 1. The summed E-state index contributed by atoms with van der Waals surface area (Å²) in [5.74, 6) is 0.317. The lowest BCUT2D eigenvalue weighted by molar-refractivity contribution is 0.102. The molecular weight excluding hydrogens is 466 g/mol. The molecule has 1 saturated heterocycles. The van der Waals surface area contributed by atoms with Crippen LogP contribution in [-0.4, -0.2) is 47.7 Å². The van der Waals surface area contributed by atoms with Gasteiger partial charge in [-0.15, -0.1) is 0 Å². The van der Waals surface area contributed by atoms with Crippen molar-refractivity contribution < 1.29 is 22.7 Å². The van der Waals surface area contributed by atoms with Crippen molar-refractivity contribution in [1.82, 2.24) is 0 Å². The van der Waals surface area contributed by atoms with E-state index in [0.29, 0.717) is 54.7 Å². The number of anilines is 3. The van der Waals surface area contributed by atoms with Gasteiger partial charge in [0.1, 0.15) is 10.6 Å². The third kappa shape index (κ3) is 5.93. The van der Waals surface area contributed by atoms with Gasteiger partial charge in [0, 0.05) is 30.0 Å². The Kier molecular flexibility index (Phi) is 7.57. The fourth-order valence-corrected chi connectivity index (χ4v) is 5.15. The first kappa shape index (κ1) is 24.6. The van der Waals surface area contributed by atoms with E-state index >= 15 is 0 Å². The summed E-state index contributed by atoms with van der Waals surface area (Å²) in [4.78, 5) is 14.8. The van der Waals surface area contributed by atoms with Crippen molar-refractivity contribution in [3.63, 3.8) is 0 Å². The highest BCUT2D eigenvalue weighted by Crippen LogP contribution is 2.31. The molecule has 0 spiro atoms. The zero-order chi connectivity index (χ0) is 24.8. The van der Waals surface area contributed by atoms with Crippen LogP contribution in [0.2, 0.25) is 0 Å². The van der Waals surface area contributed by atoms with Gasteiger partial charge in [-0.3, -0.25) is 9.52 Å². The number of benzene rings is 3. The van der Waals surface area contributed by atoms with Crippen LogP contribution >= 0.6 is 0 Å². The average molecular weight is 496 g/mol. The molecule has 0 bridgehead atoms. The van der Waals surface area contributed by atoms with Gasteiger partial charge in [0.2, 0.25) is 0 Å². The Labute approximate surface area is 205 Å². The SMILES string of the molecule is CCc1ccc(C(=O)Nc2ccc(N3CCOCC3)c(S(=O)(=O)Nc3ccc(OC)cc3)c2)cc1. The third-order valence-corrected chi connectivity index (χ3v) is 7.24. The van der Waals surface area contributed by atoms with Crippen LogP contribution in [0.4, 0.5) is 17.1 Å². The second kappa shape index (κ2) is 10.8. The molecule has 0 unspecified atom stereocenters. The molecule has 0 radical (unpaired) electrons. The third-order valence-electron chi connectivity index (χ3n) is 5.83. The monoisotopic (exact) mass is 495 g/mol. The predicted octanol–water partition coefficient (Wildman–Crippen LogP) is 4.15. The van der Waals surface area contributed by atoms with Crippen LogP contribution in [0.5, 0.6) is 5.75 Å². The maximum absolute atomic E-state index is 13.5. The van der Waals surface area contributed by atoms with Crippen molar-refractivity contribution >= 4 is 33.0 Å². The van der Waals surface area contributed by atoms with Crippen molar-refractivity contribution in [3.05, 3.63) is 77.9 Å². The van der Waals surface area contributed by atoms with Gasteiger partial charge in [0.05, 0.1) is 26.0 Å². The number of hydrogen-bond donors (Lipinski definition) is 2. The van der Waals surface area contributed by atoms with E-state index in [9.17, 15) is 13.2 Å². The number of nitrogens with one attached hydrogen (secondary N) is 2. The summed E-state index contributed by atoms with van der Waals surface area (Å²) in [5.41, 5.74) is 2.99. The Hall–Kier alpha value is -3.56. The van der Waals surface area contributed by atoms with E-state index in [4.69, 9.17) is 9.47 Å². The summed E-state index contributed by atoms with van der Waals surface area (Å²) >= 11 is 0. The molecule has 3 aromatic carbocycles. The van der Waals surface area contributed by atoms with Gasteiger partial charge < -0.3 is 19.7 Å². The van der Waals surface area contributed by atoms with Gasteiger partial charge in [-0.25, -0.2) is 8.42 Å². The van der Waals surface area contributed by atoms with Crippen molar-refractivity contribution in [3.8, 4) is 5.75 Å². The molecule has 8 nitrogen and oxygen atoms in total. The minimum atomic E-state index is -3.97. The largest absolute Gasteiger partial charge is 0.497 e. The lowest BCUT2D eigenvalue weighted by Gasteiger charge is -2.30. The highest BCUT2D eigenvalue weighted by molar-refractivity contribution is 7.92. The summed E-state index contributed by atoms with van der Waals surface area (Å²) in [6, 6.07) is 18.9. The van der Waals surface area contributed by atoms with Crippen molar-refractivity contribution in [2.75, 3.05) is 48.4 Å². The van der Waals surface area contributed by atoms with Gasteiger partial charge in [-0.2, -0.15) is 0 Å². The number of nitrogens with zero attached hydrogens (tertiary/aromatic N) is 1. The number of rotatable bonds is 8. The second-order valence-corrected chi connectivity index (χ2v) is 9.77. The van der Waals surface area contributed by atoms with E-state index in [1.807, 2.05) is 24.0 Å². The molecular formula is C26H29N3O5S. The first-order chi connectivity index (χ1) is 16.9. The standard InChI is InChI=1S/C26H29N3O5S/c1-3-19-4-6-20(7-5-19)26(30)27-22-10-13-24(29-14-16-34-17-15-29)25(18-22)35(31,32)28-21-8-11-23(33-2)12-9-21/h4-13,18,28H,3,14-17H2,1-2H3,(H,27,30). The maximum Gasteiger partial charge on any atom is 0.264 e. The second-order valence-electron chi connectivity index (χ2n) is 8.12. The van der Waals surface area contributed by atoms with Crippen molar-refractivity contribution in [2.24, 2.45) is 0 Å². The van der Waals surface area contributed by atoms with E-state index in [2.05, 4.69) is 10.0 Å². The lowest BCUT2D eigenvalue weighted by Crippen LogP contribution is -2.37. The van der Waals surface area contributed by atoms with E-state index in [1.54, 1.807) is 55.6 Å². The normalized spacial score (nSPS) is 13.8. The highest BCUT2D eigenvalue weighted by Gasteiger charge is 2.25. The Bertz CT molecular complexity index is 1270. The van der Waals surface area contributed by atoms with E-state index < -0.39 is 10.0 Å². The van der Waals surface area contributed by atoms with Crippen LogP contribution in [0.1, 0.15) is 22.8 Å². The molecule has 0 saturated carbocycles. The van der Waals surface area contributed by atoms with Gasteiger partial charge in [-0.05, 0) is 66.6 Å². The number of ether oxygens (including phenoxy) is 2. The first-order valence-electron chi connectivity index (χ1n) is 11.4. The van der Waals surface area contributed by atoms with Crippen LogP contribution in [0.15, 0.2) is 71.6 Å². The minimum Gasteiger partial charge on any atom is -0.497 e. The quantitative estimate of drug-likeness (QED) is 0.487. The number of carbonyl (C=O) groups is 1. The van der Waals surface area contributed by atoms with Gasteiger partial charge in [-0.1, -0.05) is 19.1 Å². The van der Waals surface area contributed by atoms with Crippen LogP contribution in [-0.2, 0) is 21.2 Å². The number of hydrogen-bond acceptors (Lipinski definition) is 6. The fourth-order valence-electron chi connectivity index (χ4n) is 3.84. The summed E-state index contributed by atoms with van der Waals surface area (Å²) in [6.07, 6.45) is 0.882. The van der Waals surface area contributed by atoms with Crippen LogP contribution in [0.25, 0.3) is 0 Å². The van der Waals surface area contributed by atoms with Crippen LogP contribution in [0.3, 0.4) is 0 Å².